The van der Waals surface area contributed by atoms with Gasteiger partial charge in [0.25, 0.3) is 14.3 Å². The van der Waals surface area contributed by atoms with Gasteiger partial charge in [0.05, 0.1) is 0 Å². The zero-order valence-corrected chi connectivity index (χ0v) is 15.1. The number of hydrogen-bond acceptors (Lipinski definition) is 2. The summed E-state index contributed by atoms with van der Waals surface area (Å²) in [4.78, 5) is 12.1. The number of carbonyl (C=O) groups is 1. The summed E-state index contributed by atoms with van der Waals surface area (Å²) in [6.45, 7) is 10.3. The van der Waals surface area contributed by atoms with Gasteiger partial charge >= 0.3 is 0 Å². The molecule has 0 N–H and O–H groups in total. The largest absolute Gasteiger partial charge is 0.515 e. The van der Waals surface area contributed by atoms with Crippen LogP contribution in [0.1, 0.15) is 13.3 Å². The van der Waals surface area contributed by atoms with Gasteiger partial charge < -0.3 is 4.43 Å². The number of hydrogen-bond donors (Lipinski definition) is 0. The lowest BCUT2D eigenvalue weighted by Gasteiger charge is -2.26. The smallest absolute Gasteiger partial charge is 0.292 e. The number of halogens is 1. The highest BCUT2D eigenvalue weighted by Crippen LogP contribution is 2.28. The summed E-state index contributed by atoms with van der Waals surface area (Å²) in [5, 5.41) is 1.14. The number of benzene rings is 1. The van der Waals surface area contributed by atoms with E-state index in [4.69, 9.17) is 15.5 Å². The molecule has 19 heavy (non-hydrogen) atoms. The van der Waals surface area contributed by atoms with Crippen molar-refractivity contribution >= 4 is 37.9 Å². The number of rotatable bonds is 5. The van der Waals surface area contributed by atoms with Crippen molar-refractivity contribution in [3.63, 3.8) is 0 Å². The second-order valence-electron chi connectivity index (χ2n) is 6.02. The monoisotopic (exact) mass is 314 g/mol. The van der Waals surface area contributed by atoms with Gasteiger partial charge in [-0.3, -0.25) is 4.79 Å². The second kappa shape index (κ2) is 6.24. The number of carbonyl (C=O) groups excluding carboxylic acids is 1. The van der Waals surface area contributed by atoms with Gasteiger partial charge in [0.2, 0.25) is 0 Å². The van der Waals surface area contributed by atoms with E-state index >= 15 is 0 Å². The lowest BCUT2D eigenvalue weighted by molar-refractivity contribution is -0.135. The molecule has 2 nitrogen and oxygen atoms in total. The van der Waals surface area contributed by atoms with Crippen LogP contribution in [0.4, 0.5) is 0 Å². The Balaban J connectivity index is 2.67. The zero-order valence-electron chi connectivity index (χ0n) is 12.4. The molecule has 1 aromatic rings. The van der Waals surface area contributed by atoms with E-state index in [-0.39, 0.29) is 11.5 Å². The third-order valence-electron chi connectivity index (χ3n) is 3.48. The summed E-state index contributed by atoms with van der Waals surface area (Å²) in [7, 11) is -3.94. The second-order valence-corrected chi connectivity index (χ2v) is 16.9. The molecule has 106 valence electrons. The minimum atomic E-state index is -2.15. The van der Waals surface area contributed by atoms with Gasteiger partial charge in [-0.1, -0.05) is 50.3 Å². The van der Waals surface area contributed by atoms with Gasteiger partial charge in [-0.2, -0.15) is 11.1 Å². The van der Waals surface area contributed by atoms with E-state index in [1.54, 1.807) is 0 Å². The van der Waals surface area contributed by atoms with Crippen LogP contribution in [0.2, 0.25) is 31.7 Å². The SMILES string of the molecule is CC(CC(=O)O[Si](C)(C)c1ccccc1)[Si](C)(C)Cl. The Bertz CT molecular complexity index is 427. The van der Waals surface area contributed by atoms with Crippen LogP contribution in [0, 0.1) is 0 Å². The first-order chi connectivity index (χ1) is 8.63. The molecule has 1 rings (SSSR count). The molecule has 0 aliphatic rings. The van der Waals surface area contributed by atoms with Crippen molar-refractivity contribution in [2.24, 2.45) is 0 Å². The molecule has 0 heterocycles. The molecule has 0 saturated carbocycles. The fourth-order valence-corrected chi connectivity index (χ4v) is 4.37. The highest BCUT2D eigenvalue weighted by atomic mass is 35.6. The predicted molar refractivity (Wildman–Crippen MR) is 87.0 cm³/mol. The zero-order chi connectivity index (χ0) is 14.7. The minimum Gasteiger partial charge on any atom is -0.515 e. The lowest BCUT2D eigenvalue weighted by Crippen LogP contribution is -2.46. The van der Waals surface area contributed by atoms with Gasteiger partial charge in [-0.05, 0) is 23.8 Å². The molecule has 0 spiro atoms. The van der Waals surface area contributed by atoms with Crippen molar-refractivity contribution in [1.82, 2.24) is 0 Å². The Hall–Kier alpha value is -0.586. The first kappa shape index (κ1) is 16.5. The van der Waals surface area contributed by atoms with Crippen LogP contribution < -0.4 is 5.19 Å². The minimum absolute atomic E-state index is 0.116. The summed E-state index contributed by atoms with van der Waals surface area (Å²) in [6, 6.07) is 10.00. The molecule has 0 aliphatic heterocycles. The first-order valence-electron chi connectivity index (χ1n) is 6.59. The predicted octanol–water partition coefficient (Wildman–Crippen LogP) is 3.87. The van der Waals surface area contributed by atoms with Gasteiger partial charge in [-0.25, -0.2) is 0 Å². The fraction of sp³-hybridized carbons (Fsp3) is 0.500. The van der Waals surface area contributed by atoms with Crippen LogP contribution in [-0.4, -0.2) is 21.7 Å². The summed E-state index contributed by atoms with van der Waals surface area (Å²) in [5.74, 6) is -0.116. The highest BCUT2D eigenvalue weighted by Gasteiger charge is 2.33. The van der Waals surface area contributed by atoms with E-state index in [0.717, 1.165) is 5.19 Å². The Labute approximate surface area is 123 Å². The van der Waals surface area contributed by atoms with E-state index in [1.807, 2.05) is 50.3 Å². The van der Waals surface area contributed by atoms with Gasteiger partial charge in [-0.15, -0.1) is 0 Å². The van der Waals surface area contributed by atoms with Gasteiger partial charge in [0.15, 0.2) is 7.38 Å². The van der Waals surface area contributed by atoms with Crippen molar-refractivity contribution in [1.29, 1.82) is 0 Å². The van der Waals surface area contributed by atoms with Gasteiger partial charge in [0, 0.05) is 6.42 Å². The first-order valence-corrected chi connectivity index (χ1v) is 13.6. The molecule has 5 heteroatoms. The van der Waals surface area contributed by atoms with Crippen molar-refractivity contribution in [3.05, 3.63) is 30.3 Å². The van der Waals surface area contributed by atoms with Crippen LogP contribution in [0.5, 0.6) is 0 Å². The molecular formula is C14H23ClO2Si2. The van der Waals surface area contributed by atoms with E-state index in [2.05, 4.69) is 13.1 Å². The third kappa shape index (κ3) is 5.12. The molecule has 0 radical (unpaired) electrons. The average molecular weight is 315 g/mol. The molecule has 0 aromatic heterocycles. The van der Waals surface area contributed by atoms with Crippen LogP contribution in [0.25, 0.3) is 0 Å². The average Bonchev–Trinajstić information content (AvgIpc) is 2.28. The summed E-state index contributed by atoms with van der Waals surface area (Å²) in [5.41, 5.74) is 0.224. The normalized spacial score (nSPS) is 14.0. The van der Waals surface area contributed by atoms with Crippen molar-refractivity contribution in [2.75, 3.05) is 0 Å². The highest BCUT2D eigenvalue weighted by molar-refractivity contribution is 7.19. The molecule has 1 unspecified atom stereocenters. The van der Waals surface area contributed by atoms with Crippen molar-refractivity contribution in [2.45, 2.75) is 45.1 Å². The fourth-order valence-electron chi connectivity index (χ4n) is 1.72. The molecule has 0 bridgehead atoms. The van der Waals surface area contributed by atoms with Crippen molar-refractivity contribution < 1.29 is 9.22 Å². The van der Waals surface area contributed by atoms with Crippen LogP contribution in [0.3, 0.4) is 0 Å². The Morgan fingerprint density at radius 2 is 1.74 bits per heavy atom. The lowest BCUT2D eigenvalue weighted by atomic mass is 10.3. The third-order valence-corrected chi connectivity index (χ3v) is 9.61. The maximum Gasteiger partial charge on any atom is 0.292 e. The molecule has 0 amide bonds. The summed E-state index contributed by atoms with van der Waals surface area (Å²) in [6.07, 6.45) is 0.423. The summed E-state index contributed by atoms with van der Waals surface area (Å²) < 4.78 is 5.75. The Morgan fingerprint density at radius 1 is 1.21 bits per heavy atom. The standard InChI is InChI=1S/C14H23ClO2Si2/c1-12(18(2,3)15)11-14(16)17-19(4,5)13-9-7-6-8-10-13/h6-10,12H,11H2,1-5H3. The topological polar surface area (TPSA) is 26.3 Å². The van der Waals surface area contributed by atoms with Crippen molar-refractivity contribution in [3.8, 4) is 0 Å². The van der Waals surface area contributed by atoms with Crippen LogP contribution >= 0.6 is 11.1 Å². The summed E-state index contributed by atoms with van der Waals surface area (Å²) >= 11 is 6.36. The Kier molecular flexibility index (Phi) is 5.41. The quantitative estimate of drug-likeness (QED) is 0.609. The maximum atomic E-state index is 12.1. The van der Waals surface area contributed by atoms with Crippen LogP contribution in [0.15, 0.2) is 30.3 Å². The van der Waals surface area contributed by atoms with Gasteiger partial charge in [0.1, 0.15) is 0 Å². The molecule has 0 saturated heterocycles. The molecular weight excluding hydrogens is 292 g/mol. The molecule has 1 aromatic carbocycles. The van der Waals surface area contributed by atoms with Crippen LogP contribution in [-0.2, 0) is 9.22 Å². The molecule has 0 aliphatic carbocycles. The van der Waals surface area contributed by atoms with E-state index < -0.39 is 15.7 Å². The van der Waals surface area contributed by atoms with E-state index in [9.17, 15) is 4.79 Å². The maximum absolute atomic E-state index is 12.1. The molecule has 0 fully saturated rings. The van der Waals surface area contributed by atoms with E-state index in [0.29, 0.717) is 6.42 Å². The molecule has 1 atom stereocenters. The Morgan fingerprint density at radius 3 is 2.21 bits per heavy atom. The van der Waals surface area contributed by atoms with E-state index in [1.165, 1.54) is 0 Å².